The Hall–Kier alpha value is -2.88. The van der Waals surface area contributed by atoms with Crippen LogP contribution in [0, 0.1) is 0 Å². The molecule has 2 aromatic carbocycles. The highest BCUT2D eigenvalue weighted by molar-refractivity contribution is 7.91. The lowest BCUT2D eigenvalue weighted by Gasteiger charge is -2.12. The van der Waals surface area contributed by atoms with Crippen molar-refractivity contribution in [2.45, 2.75) is 11.9 Å². The second-order valence-electron chi connectivity index (χ2n) is 5.05. The van der Waals surface area contributed by atoms with Gasteiger partial charge in [-0.2, -0.15) is 26.0 Å². The van der Waals surface area contributed by atoms with E-state index in [1.54, 1.807) is 18.2 Å². The van der Waals surface area contributed by atoms with Crippen LogP contribution in [0.3, 0.4) is 0 Å². The molecule has 0 radical (unpaired) electrons. The van der Waals surface area contributed by atoms with E-state index in [-0.39, 0.29) is 11.3 Å². The van der Waals surface area contributed by atoms with E-state index in [1.807, 2.05) is 0 Å². The van der Waals surface area contributed by atoms with Gasteiger partial charge in [-0.05, 0) is 34.4 Å². The smallest absolute Gasteiger partial charge is 0.518 e. The highest BCUT2D eigenvalue weighted by Gasteiger charge is 2.45. The largest absolute Gasteiger partial charge is 0.861 e. The third-order valence-corrected chi connectivity index (χ3v) is 4.16. The molecule has 0 spiro atoms. The minimum absolute atomic E-state index is 0.262. The van der Waals surface area contributed by atoms with Gasteiger partial charge in [0.2, 0.25) is 0 Å². The first-order chi connectivity index (χ1) is 12.0. The van der Waals surface area contributed by atoms with E-state index in [9.17, 15) is 31.5 Å². The number of carbonyl (C=O) groups excluding carboxylic acids is 1. The van der Waals surface area contributed by atoms with Gasteiger partial charge >= 0.3 is 21.5 Å². The molecule has 2 rings (SSSR count). The Morgan fingerprint density at radius 3 is 2.42 bits per heavy atom. The van der Waals surface area contributed by atoms with Crippen molar-refractivity contribution in [3.05, 3.63) is 54.6 Å². The molecule has 0 amide bonds. The van der Waals surface area contributed by atoms with Gasteiger partial charge in [-0.3, -0.25) is 0 Å². The first kappa shape index (κ1) is 19.4. The average Bonchev–Trinajstić information content (AvgIpc) is 2.53. The molecule has 0 aliphatic rings. The molecule has 10 heteroatoms. The Kier molecular flexibility index (Phi) is 5.36. The molecule has 0 atom stereocenters. The topological polar surface area (TPSA) is 95.9 Å². The van der Waals surface area contributed by atoms with Crippen molar-refractivity contribution >= 4 is 32.7 Å². The summed E-state index contributed by atoms with van der Waals surface area (Å²) in [5.41, 5.74) is -5.34. The van der Waals surface area contributed by atoms with E-state index >= 15 is 0 Å². The monoisotopic (exact) mass is 386 g/mol. The number of esters is 1. The minimum atomic E-state index is -5.86. The van der Waals surface area contributed by atoms with Gasteiger partial charge in [0.1, 0.15) is 5.75 Å². The maximum absolute atomic E-state index is 12.2. The zero-order valence-corrected chi connectivity index (χ0v) is 13.8. The number of nitrogens with zero attached hydrogens (tertiary/aromatic N) is 1. The molecular formula is C16H11F3NO5S-. The predicted octanol–water partition coefficient (Wildman–Crippen LogP) is 2.08. The average molecular weight is 386 g/mol. The highest BCUT2D eigenvalue weighted by atomic mass is 32.2. The summed E-state index contributed by atoms with van der Waals surface area (Å²) in [6.07, 6.45) is 0.385. The van der Waals surface area contributed by atoms with E-state index in [0.717, 1.165) is 6.08 Å². The number of carbonyl (C=O) groups is 1. The molecule has 138 valence electrons. The second kappa shape index (κ2) is 7.16. The fourth-order valence-electron chi connectivity index (χ4n) is 2.00. The Morgan fingerprint density at radius 2 is 1.81 bits per heavy atom. The Labute approximate surface area is 146 Å². The van der Waals surface area contributed by atoms with Crippen molar-refractivity contribution in [1.82, 2.24) is 0 Å². The lowest BCUT2D eigenvalue weighted by Crippen LogP contribution is -2.27. The maximum Gasteiger partial charge on any atom is 0.518 e. The van der Waals surface area contributed by atoms with Gasteiger partial charge < -0.3 is 9.84 Å². The third kappa shape index (κ3) is 4.60. The molecule has 0 unspecified atom stereocenters. The van der Waals surface area contributed by atoms with Crippen LogP contribution in [0.15, 0.2) is 53.5 Å². The molecule has 2 aromatic rings. The van der Waals surface area contributed by atoms with E-state index in [0.29, 0.717) is 10.8 Å². The summed E-state index contributed by atoms with van der Waals surface area (Å²) in [6, 6.07) is 9.05. The first-order valence-corrected chi connectivity index (χ1v) is 8.40. The Balaban J connectivity index is 2.25. The number of hydrogen-bond donors (Lipinski definition) is 0. The zero-order chi connectivity index (χ0) is 19.5. The summed E-state index contributed by atoms with van der Waals surface area (Å²) < 4.78 is 65.6. The van der Waals surface area contributed by atoms with Crippen molar-refractivity contribution in [2.75, 3.05) is 0 Å². The molecule has 0 fully saturated rings. The number of ether oxygens (including phenoxy) is 1. The molecular weight excluding hydrogens is 375 g/mol. The quantitative estimate of drug-likeness (QED) is 0.258. The number of hydrogen-bond acceptors (Lipinski definition) is 5. The van der Waals surface area contributed by atoms with Gasteiger partial charge in [-0.1, -0.05) is 30.8 Å². The van der Waals surface area contributed by atoms with Gasteiger partial charge in [-0.15, -0.1) is 0 Å². The van der Waals surface area contributed by atoms with Crippen LogP contribution in [0.1, 0.15) is 5.56 Å². The molecule has 0 saturated carbocycles. The standard InChI is InChI=1S/C16H12F3NO5S/c1-2-15(22)25-13-6-5-11-7-10(3-4-12(11)9-13)8-14(21)20-26(23,24)16(17,18)19/h2-7,9H,1,8H2,(H,20,21)/p-1. The Morgan fingerprint density at radius 1 is 1.19 bits per heavy atom. The predicted molar refractivity (Wildman–Crippen MR) is 85.9 cm³/mol. The fourth-order valence-corrected chi connectivity index (χ4v) is 2.43. The zero-order valence-electron chi connectivity index (χ0n) is 13.0. The van der Waals surface area contributed by atoms with E-state index < -0.39 is 33.8 Å². The van der Waals surface area contributed by atoms with Gasteiger partial charge in [-0.25, -0.2) is 4.79 Å². The number of alkyl halides is 3. The molecule has 0 heterocycles. The van der Waals surface area contributed by atoms with Crippen LogP contribution in [0.2, 0.25) is 0 Å². The van der Waals surface area contributed by atoms with E-state index in [4.69, 9.17) is 4.74 Å². The number of sulfonamides is 1. The molecule has 0 aliphatic heterocycles. The van der Waals surface area contributed by atoms with Gasteiger partial charge in [0, 0.05) is 12.5 Å². The third-order valence-electron chi connectivity index (χ3n) is 3.13. The minimum Gasteiger partial charge on any atom is -0.861 e. The highest BCUT2D eigenvalue weighted by Crippen LogP contribution is 2.25. The molecule has 0 bridgehead atoms. The van der Waals surface area contributed by atoms with Crippen LogP contribution in [0.25, 0.3) is 10.8 Å². The van der Waals surface area contributed by atoms with Crippen LogP contribution in [0.4, 0.5) is 13.2 Å². The normalized spacial score (nSPS) is 12.8. The fraction of sp³-hybridized carbons (Fsp3) is 0.125. The lowest BCUT2D eigenvalue weighted by molar-refractivity contribution is -0.217. The molecule has 26 heavy (non-hydrogen) atoms. The molecule has 0 N–H and O–H groups in total. The summed E-state index contributed by atoms with van der Waals surface area (Å²) in [6.45, 7) is 3.27. The maximum atomic E-state index is 12.2. The van der Waals surface area contributed by atoms with Crippen molar-refractivity contribution in [1.29, 1.82) is 0 Å². The SMILES string of the molecule is C=CC(=O)Oc1ccc2cc(CC([O-])=NS(=O)(=O)C(F)(F)F)ccc2c1. The van der Waals surface area contributed by atoms with Crippen molar-refractivity contribution < 1.29 is 36.2 Å². The van der Waals surface area contributed by atoms with Crippen LogP contribution in [-0.2, 0) is 21.2 Å². The van der Waals surface area contributed by atoms with Crippen LogP contribution in [0.5, 0.6) is 5.75 Å². The van der Waals surface area contributed by atoms with Gasteiger partial charge in [0.15, 0.2) is 0 Å². The number of benzene rings is 2. The van der Waals surface area contributed by atoms with Gasteiger partial charge in [0.25, 0.3) is 0 Å². The summed E-state index contributed by atoms with van der Waals surface area (Å²) in [4.78, 5) is 11.2. The lowest BCUT2D eigenvalue weighted by atomic mass is 10.0. The summed E-state index contributed by atoms with van der Waals surface area (Å²) in [5.74, 6) is -1.81. The molecule has 0 saturated heterocycles. The number of fused-ring (bicyclic) bond motifs is 1. The van der Waals surface area contributed by atoms with Crippen LogP contribution in [-0.4, -0.2) is 25.8 Å². The van der Waals surface area contributed by atoms with Crippen LogP contribution < -0.4 is 9.84 Å². The van der Waals surface area contributed by atoms with Crippen molar-refractivity contribution in [2.24, 2.45) is 4.40 Å². The molecule has 0 aromatic heterocycles. The number of halogens is 3. The first-order valence-electron chi connectivity index (χ1n) is 6.96. The van der Waals surface area contributed by atoms with Crippen LogP contribution >= 0.6 is 0 Å². The second-order valence-corrected chi connectivity index (χ2v) is 6.65. The Bertz CT molecular complexity index is 997. The summed E-state index contributed by atoms with van der Waals surface area (Å²) in [7, 11) is -5.86. The van der Waals surface area contributed by atoms with Gasteiger partial charge in [0.05, 0.1) is 0 Å². The molecule has 6 nitrogen and oxygen atoms in total. The summed E-state index contributed by atoms with van der Waals surface area (Å²) >= 11 is 0. The van der Waals surface area contributed by atoms with E-state index in [1.165, 1.54) is 18.2 Å². The number of rotatable bonds is 5. The van der Waals surface area contributed by atoms with Crippen molar-refractivity contribution in [3.8, 4) is 5.75 Å². The summed E-state index contributed by atoms with van der Waals surface area (Å²) in [5, 5.41) is 12.7. The van der Waals surface area contributed by atoms with E-state index in [2.05, 4.69) is 11.0 Å². The van der Waals surface area contributed by atoms with Crippen molar-refractivity contribution in [3.63, 3.8) is 0 Å². The molecule has 0 aliphatic carbocycles.